The zero-order valence-corrected chi connectivity index (χ0v) is 11.1. The van der Waals surface area contributed by atoms with Crippen LogP contribution in [0.15, 0.2) is 35.3 Å². The summed E-state index contributed by atoms with van der Waals surface area (Å²) >= 11 is 0. The highest BCUT2D eigenvalue weighted by atomic mass is 15.4. The summed E-state index contributed by atoms with van der Waals surface area (Å²) in [6.07, 6.45) is 1.16. The average Bonchev–Trinajstić information content (AvgIpc) is 2.86. The molecule has 18 heavy (non-hydrogen) atoms. The Hall–Kier alpha value is -1.55. The summed E-state index contributed by atoms with van der Waals surface area (Å²) < 4.78 is 0. The molecule has 3 N–H and O–H groups in total. The van der Waals surface area contributed by atoms with Crippen LogP contribution in [0.5, 0.6) is 0 Å². The maximum absolute atomic E-state index is 5.56. The Morgan fingerprint density at radius 1 is 1.39 bits per heavy atom. The van der Waals surface area contributed by atoms with E-state index in [-0.39, 0.29) is 6.04 Å². The van der Waals surface area contributed by atoms with Crippen LogP contribution in [0.25, 0.3) is 0 Å². The van der Waals surface area contributed by atoms with Crippen LogP contribution in [0, 0.1) is 0 Å². The Kier molecular flexibility index (Phi) is 4.20. The molecule has 0 saturated carbocycles. The van der Waals surface area contributed by atoms with E-state index in [2.05, 4.69) is 59.5 Å². The topological polar surface area (TPSA) is 53.6 Å². The molecule has 0 aliphatic carbocycles. The summed E-state index contributed by atoms with van der Waals surface area (Å²) in [6, 6.07) is 10.9. The summed E-state index contributed by atoms with van der Waals surface area (Å²) in [5, 5.41) is 0. The van der Waals surface area contributed by atoms with Gasteiger partial charge in [-0.3, -0.25) is 5.43 Å². The molecule has 2 rings (SSSR count). The smallest absolute Gasteiger partial charge is 0.208 e. The van der Waals surface area contributed by atoms with Crippen LogP contribution in [-0.2, 0) is 0 Å². The molecule has 1 aliphatic heterocycles. The third kappa shape index (κ3) is 3.01. The third-order valence-corrected chi connectivity index (χ3v) is 3.27. The lowest BCUT2D eigenvalue weighted by Gasteiger charge is -2.21. The standard InChI is InChI=1S/C14H22N4/c1-11(2)16-14(17-15)18-9-8-13(10-18)12-6-4-3-5-7-12/h3-7,11,13H,8-10,15H2,1-2H3,(H,16,17). The molecule has 1 atom stereocenters. The molecule has 1 aromatic rings. The number of aliphatic imine (C=N–C) groups is 1. The summed E-state index contributed by atoms with van der Waals surface area (Å²) in [5.41, 5.74) is 4.13. The Labute approximate surface area is 109 Å². The second-order valence-electron chi connectivity index (χ2n) is 5.03. The molecule has 0 spiro atoms. The number of hydrazine groups is 1. The molecule has 0 bridgehead atoms. The Balaban J connectivity index is 2.04. The normalized spacial score (nSPS) is 20.6. The van der Waals surface area contributed by atoms with Gasteiger partial charge in [-0.1, -0.05) is 30.3 Å². The fourth-order valence-corrected chi connectivity index (χ4v) is 2.40. The van der Waals surface area contributed by atoms with E-state index in [9.17, 15) is 0 Å². The average molecular weight is 246 g/mol. The SMILES string of the molecule is CC(C)N=C(NN)N1CCC(c2ccccc2)C1. The molecule has 4 nitrogen and oxygen atoms in total. The second-order valence-corrected chi connectivity index (χ2v) is 5.03. The van der Waals surface area contributed by atoms with Crippen molar-refractivity contribution >= 4 is 5.96 Å². The first kappa shape index (κ1) is 12.9. The van der Waals surface area contributed by atoms with Crippen LogP contribution in [0.1, 0.15) is 31.7 Å². The van der Waals surface area contributed by atoms with Gasteiger partial charge in [-0.15, -0.1) is 0 Å². The summed E-state index contributed by atoms with van der Waals surface area (Å²) in [6.45, 7) is 6.11. The van der Waals surface area contributed by atoms with E-state index in [1.165, 1.54) is 5.56 Å². The first-order chi connectivity index (χ1) is 8.70. The van der Waals surface area contributed by atoms with Gasteiger partial charge < -0.3 is 4.90 Å². The number of hydrogen-bond donors (Lipinski definition) is 2. The van der Waals surface area contributed by atoms with Crippen LogP contribution in [0.3, 0.4) is 0 Å². The fourth-order valence-electron chi connectivity index (χ4n) is 2.40. The number of nitrogens with two attached hydrogens (primary N) is 1. The molecule has 0 radical (unpaired) electrons. The summed E-state index contributed by atoms with van der Waals surface area (Å²) in [5.74, 6) is 6.95. The van der Waals surface area contributed by atoms with Crippen molar-refractivity contribution in [2.24, 2.45) is 10.8 Å². The van der Waals surface area contributed by atoms with Gasteiger partial charge in [-0.05, 0) is 25.8 Å². The van der Waals surface area contributed by atoms with Gasteiger partial charge in [0.15, 0.2) is 0 Å². The monoisotopic (exact) mass is 246 g/mol. The minimum atomic E-state index is 0.256. The van der Waals surface area contributed by atoms with Crippen molar-refractivity contribution < 1.29 is 0 Å². The highest BCUT2D eigenvalue weighted by molar-refractivity contribution is 5.80. The van der Waals surface area contributed by atoms with Crippen molar-refractivity contribution in [3.8, 4) is 0 Å². The minimum absolute atomic E-state index is 0.256. The zero-order chi connectivity index (χ0) is 13.0. The quantitative estimate of drug-likeness (QED) is 0.361. The Morgan fingerprint density at radius 2 is 2.11 bits per heavy atom. The second kappa shape index (κ2) is 5.87. The molecule has 0 aromatic heterocycles. The molecular formula is C14H22N4. The number of nitrogens with one attached hydrogen (secondary N) is 1. The number of benzene rings is 1. The van der Waals surface area contributed by atoms with Crippen molar-refractivity contribution in [2.75, 3.05) is 13.1 Å². The third-order valence-electron chi connectivity index (χ3n) is 3.27. The lowest BCUT2D eigenvalue weighted by molar-refractivity contribution is 0.483. The molecule has 1 aliphatic rings. The van der Waals surface area contributed by atoms with Gasteiger partial charge in [-0.2, -0.15) is 0 Å². The van der Waals surface area contributed by atoms with Crippen LogP contribution in [-0.4, -0.2) is 30.0 Å². The van der Waals surface area contributed by atoms with Crippen LogP contribution >= 0.6 is 0 Å². The van der Waals surface area contributed by atoms with E-state index in [0.717, 1.165) is 25.5 Å². The van der Waals surface area contributed by atoms with Gasteiger partial charge in [-0.25, -0.2) is 10.8 Å². The maximum atomic E-state index is 5.56. The van der Waals surface area contributed by atoms with Gasteiger partial charge >= 0.3 is 0 Å². The fraction of sp³-hybridized carbons (Fsp3) is 0.500. The number of rotatable bonds is 2. The molecule has 98 valence electrons. The maximum Gasteiger partial charge on any atom is 0.208 e. The van der Waals surface area contributed by atoms with E-state index in [0.29, 0.717) is 5.92 Å². The predicted octanol–water partition coefficient (Wildman–Crippen LogP) is 1.70. The lowest BCUT2D eigenvalue weighted by atomic mass is 9.99. The van der Waals surface area contributed by atoms with Gasteiger partial charge in [0.25, 0.3) is 0 Å². The highest BCUT2D eigenvalue weighted by Crippen LogP contribution is 2.26. The molecular weight excluding hydrogens is 224 g/mol. The zero-order valence-electron chi connectivity index (χ0n) is 11.1. The van der Waals surface area contributed by atoms with E-state index < -0.39 is 0 Å². The Bertz CT molecular complexity index is 400. The van der Waals surface area contributed by atoms with E-state index in [4.69, 9.17) is 5.84 Å². The largest absolute Gasteiger partial charge is 0.341 e. The van der Waals surface area contributed by atoms with Crippen LogP contribution in [0.4, 0.5) is 0 Å². The van der Waals surface area contributed by atoms with Crippen molar-refractivity contribution in [1.29, 1.82) is 0 Å². The van der Waals surface area contributed by atoms with Gasteiger partial charge in [0.05, 0.1) is 0 Å². The molecule has 1 fully saturated rings. The first-order valence-corrected chi connectivity index (χ1v) is 6.55. The van der Waals surface area contributed by atoms with Crippen molar-refractivity contribution in [2.45, 2.75) is 32.2 Å². The van der Waals surface area contributed by atoms with Gasteiger partial charge in [0.2, 0.25) is 5.96 Å². The number of likely N-dealkylation sites (tertiary alicyclic amines) is 1. The number of hydrogen-bond acceptors (Lipinski definition) is 2. The lowest BCUT2D eigenvalue weighted by Crippen LogP contribution is -2.44. The van der Waals surface area contributed by atoms with Crippen LogP contribution < -0.4 is 11.3 Å². The number of guanidine groups is 1. The van der Waals surface area contributed by atoms with Gasteiger partial charge in [0, 0.05) is 25.0 Å². The van der Waals surface area contributed by atoms with Crippen molar-refractivity contribution in [1.82, 2.24) is 10.3 Å². The molecule has 1 heterocycles. The molecule has 1 saturated heterocycles. The van der Waals surface area contributed by atoms with E-state index in [1.807, 2.05) is 0 Å². The molecule has 4 heteroatoms. The van der Waals surface area contributed by atoms with Gasteiger partial charge in [0.1, 0.15) is 0 Å². The highest BCUT2D eigenvalue weighted by Gasteiger charge is 2.25. The molecule has 1 unspecified atom stereocenters. The van der Waals surface area contributed by atoms with Crippen molar-refractivity contribution in [3.05, 3.63) is 35.9 Å². The van der Waals surface area contributed by atoms with E-state index >= 15 is 0 Å². The Morgan fingerprint density at radius 3 is 2.72 bits per heavy atom. The first-order valence-electron chi connectivity index (χ1n) is 6.55. The minimum Gasteiger partial charge on any atom is -0.341 e. The van der Waals surface area contributed by atoms with E-state index in [1.54, 1.807) is 0 Å². The predicted molar refractivity (Wildman–Crippen MR) is 75.3 cm³/mol. The molecule has 1 aromatic carbocycles. The van der Waals surface area contributed by atoms with Crippen molar-refractivity contribution in [3.63, 3.8) is 0 Å². The molecule has 0 amide bonds. The number of nitrogens with zero attached hydrogens (tertiary/aromatic N) is 2. The summed E-state index contributed by atoms with van der Waals surface area (Å²) in [4.78, 5) is 6.75. The van der Waals surface area contributed by atoms with Crippen LogP contribution in [0.2, 0.25) is 0 Å². The summed E-state index contributed by atoms with van der Waals surface area (Å²) in [7, 11) is 0.